The lowest BCUT2D eigenvalue weighted by molar-refractivity contribution is -0.177. The Hall–Kier alpha value is -3.41. The third-order valence-electron chi connectivity index (χ3n) is 6.70. The van der Waals surface area contributed by atoms with Crippen LogP contribution in [-0.2, 0) is 6.18 Å². The number of nitrogens with zero attached hydrogens (tertiary/aromatic N) is 3. The van der Waals surface area contributed by atoms with Crippen LogP contribution in [0.5, 0.6) is 11.5 Å². The zero-order chi connectivity index (χ0) is 28.8. The van der Waals surface area contributed by atoms with Gasteiger partial charge in [-0.2, -0.15) is 13.2 Å². The van der Waals surface area contributed by atoms with Crippen LogP contribution in [0.2, 0.25) is 0 Å². The first kappa shape index (κ1) is 28.6. The molecule has 12 heteroatoms. The molecular weight excluding hydrogens is 521 g/mol. The van der Waals surface area contributed by atoms with Crippen molar-refractivity contribution in [3.63, 3.8) is 0 Å². The van der Waals surface area contributed by atoms with Crippen molar-refractivity contribution in [3.05, 3.63) is 47.3 Å². The van der Waals surface area contributed by atoms with E-state index in [1.807, 2.05) is 19.0 Å². The standard InChI is InChI=1S/C27H32F5N5O2/c1-15(17-6-18(27(30,31)32)8-19(33)7-17)34-24-20-9-23(22(38-5)10-21(20)35-16(2)36-24)39-14-25(13-37(3)4)11-26(28,29)12-25/h6-10,15H,11-14,33H2,1-5H3,(H,34,35,36)/t15-/m1/s1. The number of hydrogen-bond acceptors (Lipinski definition) is 7. The molecule has 0 spiro atoms. The first-order valence-electron chi connectivity index (χ1n) is 12.4. The van der Waals surface area contributed by atoms with Crippen molar-refractivity contribution in [2.75, 3.05) is 45.4 Å². The second-order valence-corrected chi connectivity index (χ2v) is 10.6. The van der Waals surface area contributed by atoms with Gasteiger partial charge in [0, 0.05) is 41.9 Å². The van der Waals surface area contributed by atoms with Crippen LogP contribution in [0.25, 0.3) is 10.9 Å². The van der Waals surface area contributed by atoms with Crippen LogP contribution in [0.3, 0.4) is 0 Å². The van der Waals surface area contributed by atoms with Crippen molar-refractivity contribution >= 4 is 22.4 Å². The van der Waals surface area contributed by atoms with E-state index in [9.17, 15) is 22.0 Å². The number of hydrogen-bond donors (Lipinski definition) is 2. The Morgan fingerprint density at radius 1 is 1.08 bits per heavy atom. The summed E-state index contributed by atoms with van der Waals surface area (Å²) in [5, 5.41) is 3.70. The largest absolute Gasteiger partial charge is 0.493 e. The molecule has 0 aliphatic heterocycles. The van der Waals surface area contributed by atoms with Crippen molar-refractivity contribution in [3.8, 4) is 11.5 Å². The second kappa shape index (κ2) is 10.3. The fourth-order valence-corrected chi connectivity index (χ4v) is 5.22. The first-order chi connectivity index (χ1) is 18.1. The van der Waals surface area contributed by atoms with Crippen LogP contribution in [-0.4, -0.2) is 55.1 Å². The highest BCUT2D eigenvalue weighted by atomic mass is 19.4. The number of nitrogen functional groups attached to an aromatic ring is 1. The lowest BCUT2D eigenvalue weighted by atomic mass is 9.66. The van der Waals surface area contributed by atoms with Gasteiger partial charge in [0.1, 0.15) is 11.6 Å². The van der Waals surface area contributed by atoms with E-state index in [0.717, 1.165) is 12.1 Å². The molecule has 0 amide bonds. The van der Waals surface area contributed by atoms with Gasteiger partial charge in [-0.05, 0) is 57.8 Å². The summed E-state index contributed by atoms with van der Waals surface area (Å²) >= 11 is 0. The molecule has 1 aromatic heterocycles. The molecule has 2 aromatic carbocycles. The van der Waals surface area contributed by atoms with Crippen molar-refractivity contribution in [1.29, 1.82) is 0 Å². The van der Waals surface area contributed by atoms with Gasteiger partial charge in [-0.15, -0.1) is 0 Å². The van der Waals surface area contributed by atoms with E-state index in [1.54, 1.807) is 26.0 Å². The third kappa shape index (κ3) is 6.43. The molecule has 3 aromatic rings. The van der Waals surface area contributed by atoms with Crippen LogP contribution in [0.4, 0.5) is 33.5 Å². The van der Waals surface area contributed by atoms with Gasteiger partial charge in [-0.3, -0.25) is 0 Å². The van der Waals surface area contributed by atoms with E-state index >= 15 is 0 Å². The molecule has 39 heavy (non-hydrogen) atoms. The minimum Gasteiger partial charge on any atom is -0.493 e. The van der Waals surface area contributed by atoms with Crippen molar-refractivity contribution in [2.24, 2.45) is 5.41 Å². The van der Waals surface area contributed by atoms with E-state index in [2.05, 4.69) is 15.3 Å². The van der Waals surface area contributed by atoms with Gasteiger partial charge < -0.3 is 25.4 Å². The summed E-state index contributed by atoms with van der Waals surface area (Å²) in [6.07, 6.45) is -5.10. The molecule has 4 rings (SSSR count). The van der Waals surface area contributed by atoms with Gasteiger partial charge >= 0.3 is 6.18 Å². The maximum Gasteiger partial charge on any atom is 0.416 e. The average Bonchev–Trinajstić information content (AvgIpc) is 2.79. The summed E-state index contributed by atoms with van der Waals surface area (Å²) in [6, 6.07) is 6.12. The number of aromatic nitrogens is 2. The minimum atomic E-state index is -4.54. The molecule has 0 unspecified atom stereocenters. The second-order valence-electron chi connectivity index (χ2n) is 10.6. The van der Waals surface area contributed by atoms with E-state index in [-0.39, 0.29) is 25.1 Å². The quantitative estimate of drug-likeness (QED) is 0.246. The van der Waals surface area contributed by atoms with Gasteiger partial charge in [0.05, 0.1) is 30.8 Å². The summed E-state index contributed by atoms with van der Waals surface area (Å²) in [7, 11) is 5.12. The Morgan fingerprint density at radius 3 is 2.36 bits per heavy atom. The van der Waals surface area contributed by atoms with E-state index in [1.165, 1.54) is 13.2 Å². The van der Waals surface area contributed by atoms with Crippen molar-refractivity contribution in [2.45, 2.75) is 44.8 Å². The zero-order valence-electron chi connectivity index (χ0n) is 22.4. The lowest BCUT2D eigenvalue weighted by Crippen LogP contribution is -2.54. The van der Waals surface area contributed by atoms with E-state index in [0.29, 0.717) is 46.2 Å². The SMILES string of the molecule is COc1cc2nc(C)nc(N[C@H](C)c3cc(N)cc(C(F)(F)F)c3)c2cc1OCC1(CN(C)C)CC(F)(F)C1. The number of aryl methyl sites for hydroxylation is 1. The highest BCUT2D eigenvalue weighted by Gasteiger charge is 2.57. The molecule has 1 heterocycles. The topological polar surface area (TPSA) is 85.5 Å². The summed E-state index contributed by atoms with van der Waals surface area (Å²) in [4.78, 5) is 10.8. The normalized spacial score (nSPS) is 17.1. The molecule has 1 saturated carbocycles. The Labute approximate surface area is 223 Å². The smallest absolute Gasteiger partial charge is 0.416 e. The average molecular weight is 554 g/mol. The van der Waals surface area contributed by atoms with Crippen molar-refractivity contribution in [1.82, 2.24) is 14.9 Å². The van der Waals surface area contributed by atoms with Gasteiger partial charge in [0.2, 0.25) is 5.92 Å². The van der Waals surface area contributed by atoms with Gasteiger partial charge in [0.15, 0.2) is 11.5 Å². The number of benzene rings is 2. The number of halogens is 5. The number of nitrogens with one attached hydrogen (secondary N) is 1. The highest BCUT2D eigenvalue weighted by Crippen LogP contribution is 2.52. The third-order valence-corrected chi connectivity index (χ3v) is 6.70. The van der Waals surface area contributed by atoms with Crippen molar-refractivity contribution < 1.29 is 31.4 Å². The Bertz CT molecular complexity index is 1350. The van der Waals surface area contributed by atoms with Crippen LogP contribution < -0.4 is 20.5 Å². The van der Waals surface area contributed by atoms with Gasteiger partial charge in [-0.25, -0.2) is 18.7 Å². The molecule has 1 atom stereocenters. The molecule has 3 N–H and O–H groups in total. The maximum absolute atomic E-state index is 13.8. The summed E-state index contributed by atoms with van der Waals surface area (Å²) in [5.74, 6) is -1.23. The molecule has 212 valence electrons. The van der Waals surface area contributed by atoms with Crippen LogP contribution in [0, 0.1) is 12.3 Å². The zero-order valence-corrected chi connectivity index (χ0v) is 22.4. The molecule has 1 aliphatic rings. The monoisotopic (exact) mass is 553 g/mol. The fraction of sp³-hybridized carbons (Fsp3) is 0.481. The molecular formula is C27H32F5N5O2. The molecule has 0 radical (unpaired) electrons. The number of nitrogens with two attached hydrogens (primary N) is 1. The van der Waals surface area contributed by atoms with Crippen LogP contribution in [0.1, 0.15) is 42.8 Å². The van der Waals surface area contributed by atoms with E-state index in [4.69, 9.17) is 15.2 Å². The van der Waals surface area contributed by atoms with Crippen LogP contribution >= 0.6 is 0 Å². The number of fused-ring (bicyclic) bond motifs is 1. The van der Waals surface area contributed by atoms with Gasteiger partial charge in [0.25, 0.3) is 0 Å². The molecule has 0 saturated heterocycles. The number of rotatable bonds is 9. The number of methoxy groups -OCH3 is 1. The first-order valence-corrected chi connectivity index (χ1v) is 12.4. The summed E-state index contributed by atoms with van der Waals surface area (Å²) in [5.41, 5.74) is 5.03. The minimum absolute atomic E-state index is 0.00847. The highest BCUT2D eigenvalue weighted by molar-refractivity contribution is 5.92. The Morgan fingerprint density at radius 2 is 1.77 bits per heavy atom. The van der Waals surface area contributed by atoms with Crippen LogP contribution in [0.15, 0.2) is 30.3 Å². The summed E-state index contributed by atoms with van der Waals surface area (Å²) < 4.78 is 79.3. The maximum atomic E-state index is 13.8. The number of alkyl halides is 5. The number of ether oxygens (including phenoxy) is 2. The summed E-state index contributed by atoms with van der Waals surface area (Å²) in [6.45, 7) is 3.88. The fourth-order valence-electron chi connectivity index (χ4n) is 5.22. The number of anilines is 2. The lowest BCUT2D eigenvalue weighted by Gasteiger charge is -2.48. The molecule has 0 bridgehead atoms. The van der Waals surface area contributed by atoms with Gasteiger partial charge in [-0.1, -0.05) is 0 Å². The van der Waals surface area contributed by atoms with E-state index < -0.39 is 29.1 Å². The Kier molecular flexibility index (Phi) is 7.54. The molecule has 1 fully saturated rings. The predicted octanol–water partition coefficient (Wildman–Crippen LogP) is 6.08. The molecule has 7 nitrogen and oxygen atoms in total. The molecule has 1 aliphatic carbocycles. The Balaban J connectivity index is 1.67. The predicted molar refractivity (Wildman–Crippen MR) is 139 cm³/mol.